The Morgan fingerprint density at radius 3 is 3.30 bits per heavy atom. The summed E-state index contributed by atoms with van der Waals surface area (Å²) in [6, 6.07) is 1.41. The molecule has 1 N–H and O–H groups in total. The topological polar surface area (TPSA) is 24.4 Å². The van der Waals surface area contributed by atoms with Gasteiger partial charge in [0.15, 0.2) is 0 Å². The van der Waals surface area contributed by atoms with Gasteiger partial charge in [-0.1, -0.05) is 0 Å². The van der Waals surface area contributed by atoms with Crippen LogP contribution in [-0.4, -0.2) is 24.8 Å². The number of hydrogen-bond donors (Lipinski definition) is 1. The van der Waals surface area contributed by atoms with Crippen LogP contribution < -0.4 is 5.32 Å². The zero-order valence-electron chi connectivity index (χ0n) is 6.38. The van der Waals surface area contributed by atoms with E-state index in [1.165, 1.54) is 12.8 Å². The van der Waals surface area contributed by atoms with Crippen LogP contribution in [0.5, 0.6) is 0 Å². The third kappa shape index (κ3) is 0.966. The van der Waals surface area contributed by atoms with Gasteiger partial charge in [-0.15, -0.1) is 0 Å². The molecule has 3 atom stereocenters. The molecule has 2 aliphatic rings. The van der Waals surface area contributed by atoms with Crippen molar-refractivity contribution in [3.8, 4) is 0 Å². The normalized spacial score (nSPS) is 45.5. The maximum absolute atomic E-state index is 4.27. The predicted molar refractivity (Wildman–Crippen MR) is 42.5 cm³/mol. The summed E-state index contributed by atoms with van der Waals surface area (Å²) in [6.45, 7) is 3.27. The Morgan fingerprint density at radius 2 is 2.50 bits per heavy atom. The average Bonchev–Trinajstić information content (AvgIpc) is 2.27. The fraction of sp³-hybridized carbons (Fsp3) is 0.875. The zero-order chi connectivity index (χ0) is 6.97. The molecule has 10 heavy (non-hydrogen) atoms. The standard InChI is InChI=1S/C8H14N2/c1-6-4-7-2-3-9-5-8(7)10-6/h3,6-8,10H,2,4-5H2,1H3. The molecular formula is C8H14N2. The van der Waals surface area contributed by atoms with Crippen LogP contribution in [0.4, 0.5) is 0 Å². The van der Waals surface area contributed by atoms with E-state index in [0.717, 1.165) is 18.5 Å². The van der Waals surface area contributed by atoms with Crippen molar-refractivity contribution in [1.29, 1.82) is 0 Å². The lowest BCUT2D eigenvalue weighted by molar-refractivity contribution is 0.455. The van der Waals surface area contributed by atoms with E-state index in [-0.39, 0.29) is 0 Å². The molecule has 0 aromatic rings. The number of fused-ring (bicyclic) bond motifs is 1. The largest absolute Gasteiger partial charge is 0.309 e. The summed E-state index contributed by atoms with van der Waals surface area (Å²) in [7, 11) is 0. The van der Waals surface area contributed by atoms with Crippen molar-refractivity contribution < 1.29 is 0 Å². The second kappa shape index (κ2) is 2.35. The minimum atomic E-state index is 0.694. The number of rotatable bonds is 0. The summed E-state index contributed by atoms with van der Waals surface area (Å²) >= 11 is 0. The molecule has 3 unspecified atom stereocenters. The molecule has 0 amide bonds. The molecule has 2 nitrogen and oxygen atoms in total. The Bertz CT molecular complexity index is 137. The van der Waals surface area contributed by atoms with E-state index in [4.69, 9.17) is 0 Å². The SMILES string of the molecule is CC1CC2CC=NCC2N1. The Morgan fingerprint density at radius 1 is 1.60 bits per heavy atom. The highest BCUT2D eigenvalue weighted by atomic mass is 15.0. The fourth-order valence-corrected chi connectivity index (χ4v) is 2.05. The van der Waals surface area contributed by atoms with Crippen LogP contribution in [0.2, 0.25) is 0 Å². The van der Waals surface area contributed by atoms with Gasteiger partial charge in [0.2, 0.25) is 0 Å². The monoisotopic (exact) mass is 138 g/mol. The summed E-state index contributed by atoms with van der Waals surface area (Å²) in [5.74, 6) is 0.882. The minimum Gasteiger partial charge on any atom is -0.309 e. The van der Waals surface area contributed by atoms with Crippen LogP contribution in [-0.2, 0) is 0 Å². The summed E-state index contributed by atoms with van der Waals surface area (Å²) in [6.07, 6.45) is 4.62. The number of aliphatic imine (C=N–C) groups is 1. The maximum Gasteiger partial charge on any atom is 0.0541 e. The van der Waals surface area contributed by atoms with Gasteiger partial charge in [0.25, 0.3) is 0 Å². The molecule has 2 heteroatoms. The molecule has 56 valence electrons. The predicted octanol–water partition coefficient (Wildman–Crippen LogP) is 0.827. The Balaban J connectivity index is 2.05. The van der Waals surface area contributed by atoms with Crippen molar-refractivity contribution in [1.82, 2.24) is 5.32 Å². The molecule has 0 radical (unpaired) electrons. The van der Waals surface area contributed by atoms with Gasteiger partial charge in [-0.3, -0.25) is 4.99 Å². The van der Waals surface area contributed by atoms with E-state index in [2.05, 4.69) is 23.4 Å². The smallest absolute Gasteiger partial charge is 0.0541 e. The van der Waals surface area contributed by atoms with Gasteiger partial charge in [-0.2, -0.15) is 0 Å². The molecule has 0 bridgehead atoms. The Kier molecular flexibility index (Phi) is 1.49. The van der Waals surface area contributed by atoms with E-state index < -0.39 is 0 Å². The molecule has 0 spiro atoms. The van der Waals surface area contributed by atoms with E-state index in [1.54, 1.807) is 0 Å². The van der Waals surface area contributed by atoms with Crippen LogP contribution in [0.15, 0.2) is 4.99 Å². The maximum atomic E-state index is 4.27. The molecule has 2 aliphatic heterocycles. The third-order valence-corrected chi connectivity index (χ3v) is 2.56. The van der Waals surface area contributed by atoms with Gasteiger partial charge in [0.1, 0.15) is 0 Å². The van der Waals surface area contributed by atoms with E-state index >= 15 is 0 Å². The number of nitrogens with one attached hydrogen (secondary N) is 1. The highest BCUT2D eigenvalue weighted by molar-refractivity contribution is 5.59. The average molecular weight is 138 g/mol. The van der Waals surface area contributed by atoms with E-state index in [1.807, 2.05) is 0 Å². The van der Waals surface area contributed by atoms with Crippen molar-refractivity contribution in [3.05, 3.63) is 0 Å². The number of nitrogens with zero attached hydrogens (tertiary/aromatic N) is 1. The van der Waals surface area contributed by atoms with Crippen molar-refractivity contribution in [3.63, 3.8) is 0 Å². The summed E-state index contributed by atoms with van der Waals surface area (Å²) in [5, 5.41) is 3.54. The summed E-state index contributed by atoms with van der Waals surface area (Å²) in [4.78, 5) is 4.27. The lowest BCUT2D eigenvalue weighted by Crippen LogP contribution is -2.34. The van der Waals surface area contributed by atoms with Crippen molar-refractivity contribution in [2.75, 3.05) is 6.54 Å². The van der Waals surface area contributed by atoms with Gasteiger partial charge in [0, 0.05) is 12.1 Å². The minimum absolute atomic E-state index is 0.694. The summed E-state index contributed by atoms with van der Waals surface area (Å²) in [5.41, 5.74) is 0. The van der Waals surface area contributed by atoms with Gasteiger partial charge in [0.05, 0.1) is 6.54 Å². The molecule has 0 aromatic heterocycles. The van der Waals surface area contributed by atoms with Crippen LogP contribution in [0, 0.1) is 5.92 Å². The van der Waals surface area contributed by atoms with E-state index in [0.29, 0.717) is 6.04 Å². The van der Waals surface area contributed by atoms with Crippen molar-refractivity contribution >= 4 is 6.21 Å². The zero-order valence-corrected chi connectivity index (χ0v) is 6.38. The van der Waals surface area contributed by atoms with Crippen molar-refractivity contribution in [2.24, 2.45) is 10.9 Å². The van der Waals surface area contributed by atoms with Crippen LogP contribution >= 0.6 is 0 Å². The third-order valence-electron chi connectivity index (χ3n) is 2.56. The lowest BCUT2D eigenvalue weighted by atomic mass is 9.94. The van der Waals surface area contributed by atoms with Crippen LogP contribution in [0.1, 0.15) is 19.8 Å². The first-order valence-electron chi connectivity index (χ1n) is 4.10. The molecule has 2 heterocycles. The molecule has 1 saturated heterocycles. The quantitative estimate of drug-likeness (QED) is 0.526. The second-order valence-electron chi connectivity index (χ2n) is 3.45. The Hall–Kier alpha value is -0.370. The lowest BCUT2D eigenvalue weighted by Gasteiger charge is -2.19. The first kappa shape index (κ1) is 6.35. The molecule has 0 aromatic carbocycles. The molecule has 2 rings (SSSR count). The van der Waals surface area contributed by atoms with Gasteiger partial charge < -0.3 is 5.32 Å². The summed E-state index contributed by atoms with van der Waals surface area (Å²) < 4.78 is 0. The molecule has 0 aliphatic carbocycles. The number of hydrogen-bond acceptors (Lipinski definition) is 2. The van der Waals surface area contributed by atoms with Crippen LogP contribution in [0.3, 0.4) is 0 Å². The van der Waals surface area contributed by atoms with Crippen LogP contribution in [0.25, 0.3) is 0 Å². The van der Waals surface area contributed by atoms with Gasteiger partial charge in [-0.05, 0) is 31.9 Å². The second-order valence-corrected chi connectivity index (χ2v) is 3.45. The van der Waals surface area contributed by atoms with Crippen molar-refractivity contribution in [2.45, 2.75) is 31.8 Å². The highest BCUT2D eigenvalue weighted by Gasteiger charge is 2.31. The van der Waals surface area contributed by atoms with Gasteiger partial charge >= 0.3 is 0 Å². The molecule has 0 saturated carbocycles. The fourth-order valence-electron chi connectivity index (χ4n) is 2.05. The molecule has 1 fully saturated rings. The first-order valence-corrected chi connectivity index (χ1v) is 4.10. The van der Waals surface area contributed by atoms with Gasteiger partial charge in [-0.25, -0.2) is 0 Å². The molecular weight excluding hydrogens is 124 g/mol. The highest BCUT2D eigenvalue weighted by Crippen LogP contribution is 2.25. The Labute approximate surface area is 61.7 Å². The first-order chi connectivity index (χ1) is 4.86. The van der Waals surface area contributed by atoms with E-state index in [9.17, 15) is 0 Å².